The van der Waals surface area contributed by atoms with E-state index >= 15 is 0 Å². The lowest BCUT2D eigenvalue weighted by molar-refractivity contribution is -0.385. The van der Waals surface area contributed by atoms with Gasteiger partial charge in [0.05, 0.1) is 10.5 Å². The van der Waals surface area contributed by atoms with Gasteiger partial charge in [0.2, 0.25) is 5.91 Å². The van der Waals surface area contributed by atoms with Crippen LogP contribution in [-0.4, -0.2) is 17.4 Å². The van der Waals surface area contributed by atoms with Gasteiger partial charge < -0.3 is 5.32 Å². The maximum absolute atomic E-state index is 12.6. The summed E-state index contributed by atoms with van der Waals surface area (Å²) in [5, 5.41) is 13.1. The van der Waals surface area contributed by atoms with Crippen LogP contribution in [0.15, 0.2) is 18.2 Å². The Kier molecular flexibility index (Phi) is 5.30. The average molecular weight is 300 g/mol. The first-order chi connectivity index (χ1) is 9.70. The zero-order chi connectivity index (χ0) is 16.0. The number of hydrogen-bond donors (Lipinski definition) is 1. The van der Waals surface area contributed by atoms with E-state index in [1.165, 1.54) is 6.92 Å². The van der Waals surface area contributed by atoms with Gasteiger partial charge >= 0.3 is 6.18 Å². The third-order valence-corrected chi connectivity index (χ3v) is 2.31. The second-order valence-corrected chi connectivity index (χ2v) is 4.06. The predicted octanol–water partition coefficient (Wildman–Crippen LogP) is 2.49. The van der Waals surface area contributed by atoms with Crippen molar-refractivity contribution in [1.82, 2.24) is 5.32 Å². The molecule has 1 rings (SSSR count). The topological polar surface area (TPSA) is 72.2 Å². The van der Waals surface area contributed by atoms with Crippen molar-refractivity contribution in [3.63, 3.8) is 0 Å². The van der Waals surface area contributed by atoms with Crippen LogP contribution in [0.5, 0.6) is 0 Å². The van der Waals surface area contributed by atoms with Crippen molar-refractivity contribution in [2.75, 3.05) is 6.54 Å². The average Bonchev–Trinajstić information content (AvgIpc) is 2.36. The molecule has 1 amide bonds. The van der Waals surface area contributed by atoms with E-state index in [0.717, 1.165) is 12.1 Å². The summed E-state index contributed by atoms with van der Waals surface area (Å²) < 4.78 is 37.9. The Morgan fingerprint density at radius 3 is 2.57 bits per heavy atom. The first kappa shape index (κ1) is 16.5. The molecule has 0 unspecified atom stereocenters. The van der Waals surface area contributed by atoms with E-state index in [0.29, 0.717) is 6.07 Å². The molecule has 1 aromatic rings. The van der Waals surface area contributed by atoms with E-state index < -0.39 is 22.4 Å². The Balaban J connectivity index is 2.96. The number of hydrogen-bond acceptors (Lipinski definition) is 3. The van der Waals surface area contributed by atoms with Crippen LogP contribution in [0.4, 0.5) is 18.9 Å². The minimum absolute atomic E-state index is 0.0978. The molecule has 0 spiro atoms. The largest absolute Gasteiger partial charge is 0.416 e. The van der Waals surface area contributed by atoms with Crippen molar-refractivity contribution in [3.8, 4) is 11.8 Å². The maximum atomic E-state index is 12.6. The van der Waals surface area contributed by atoms with Gasteiger partial charge in [-0.3, -0.25) is 14.9 Å². The molecule has 0 fully saturated rings. The molecule has 0 saturated heterocycles. The standard InChI is InChI=1S/C13H11F3N2O3/c1-9(19)17-5-3-2-4-10-6-11(13(14,15)16)8-12(7-10)18(20)21/h6-8H,3,5H2,1H3,(H,17,19). The number of carbonyl (C=O) groups is 1. The number of carbonyl (C=O) groups excluding carboxylic acids is 1. The number of benzene rings is 1. The van der Waals surface area contributed by atoms with Crippen LogP contribution < -0.4 is 5.32 Å². The fourth-order valence-corrected chi connectivity index (χ4v) is 1.42. The molecule has 0 heterocycles. The van der Waals surface area contributed by atoms with Gasteiger partial charge in [-0.2, -0.15) is 13.2 Å². The number of nitrogens with zero attached hydrogens (tertiary/aromatic N) is 1. The third-order valence-electron chi connectivity index (χ3n) is 2.31. The van der Waals surface area contributed by atoms with Crippen LogP contribution in [-0.2, 0) is 11.0 Å². The number of rotatable bonds is 3. The van der Waals surface area contributed by atoms with Crippen LogP contribution in [0.1, 0.15) is 24.5 Å². The van der Waals surface area contributed by atoms with Crippen LogP contribution in [0.25, 0.3) is 0 Å². The zero-order valence-electron chi connectivity index (χ0n) is 11.0. The molecule has 112 valence electrons. The van der Waals surface area contributed by atoms with Crippen molar-refractivity contribution in [1.29, 1.82) is 0 Å². The van der Waals surface area contributed by atoms with Gasteiger partial charge in [0.25, 0.3) is 5.69 Å². The highest BCUT2D eigenvalue weighted by Crippen LogP contribution is 2.32. The summed E-state index contributed by atoms with van der Waals surface area (Å²) >= 11 is 0. The van der Waals surface area contributed by atoms with Crippen molar-refractivity contribution in [3.05, 3.63) is 39.4 Å². The van der Waals surface area contributed by atoms with Gasteiger partial charge in [0.15, 0.2) is 0 Å². The number of nitro benzene ring substituents is 1. The summed E-state index contributed by atoms with van der Waals surface area (Å²) in [5.41, 5.74) is -1.89. The Morgan fingerprint density at radius 1 is 1.38 bits per heavy atom. The zero-order valence-corrected chi connectivity index (χ0v) is 11.0. The summed E-state index contributed by atoms with van der Waals surface area (Å²) in [4.78, 5) is 20.3. The first-order valence-corrected chi connectivity index (χ1v) is 5.80. The van der Waals surface area contributed by atoms with Gasteiger partial charge in [-0.05, 0) is 6.07 Å². The second-order valence-electron chi connectivity index (χ2n) is 4.06. The summed E-state index contributed by atoms with van der Waals surface area (Å²) in [5.74, 6) is 4.72. The monoisotopic (exact) mass is 300 g/mol. The minimum Gasteiger partial charge on any atom is -0.355 e. The highest BCUT2D eigenvalue weighted by atomic mass is 19.4. The van der Waals surface area contributed by atoms with Crippen LogP contribution >= 0.6 is 0 Å². The van der Waals surface area contributed by atoms with Crippen molar-refractivity contribution in [2.24, 2.45) is 0 Å². The highest BCUT2D eigenvalue weighted by molar-refractivity contribution is 5.72. The minimum atomic E-state index is -4.68. The third kappa shape index (κ3) is 5.52. The second kappa shape index (κ2) is 6.74. The molecule has 0 bridgehead atoms. The fraction of sp³-hybridized carbons (Fsp3) is 0.308. The summed E-state index contributed by atoms with van der Waals surface area (Å²) in [6, 6.07) is 2.18. The van der Waals surface area contributed by atoms with Crippen LogP contribution in [0.2, 0.25) is 0 Å². The van der Waals surface area contributed by atoms with Crippen LogP contribution in [0, 0.1) is 22.0 Å². The Bertz CT molecular complexity index is 615. The van der Waals surface area contributed by atoms with Gasteiger partial charge in [-0.1, -0.05) is 11.8 Å². The van der Waals surface area contributed by atoms with E-state index in [4.69, 9.17) is 0 Å². The molecule has 0 aliphatic rings. The predicted molar refractivity (Wildman–Crippen MR) is 68.3 cm³/mol. The van der Waals surface area contributed by atoms with E-state index in [-0.39, 0.29) is 24.4 Å². The first-order valence-electron chi connectivity index (χ1n) is 5.80. The van der Waals surface area contributed by atoms with Crippen molar-refractivity contribution in [2.45, 2.75) is 19.5 Å². The quantitative estimate of drug-likeness (QED) is 0.403. The Labute approximate surface area is 118 Å². The SMILES string of the molecule is CC(=O)NCCC#Cc1cc([N+](=O)[O-])cc(C(F)(F)F)c1. The fourth-order valence-electron chi connectivity index (χ4n) is 1.42. The molecule has 8 heteroatoms. The Hall–Kier alpha value is -2.56. The van der Waals surface area contributed by atoms with Crippen LogP contribution in [0.3, 0.4) is 0 Å². The molecule has 5 nitrogen and oxygen atoms in total. The smallest absolute Gasteiger partial charge is 0.355 e. The normalized spacial score (nSPS) is 10.5. The van der Waals surface area contributed by atoms with E-state index in [1.807, 2.05) is 0 Å². The molecule has 1 N–H and O–H groups in total. The Morgan fingerprint density at radius 2 is 2.05 bits per heavy atom. The van der Waals surface area contributed by atoms with Gasteiger partial charge in [0.1, 0.15) is 0 Å². The summed E-state index contributed by atoms with van der Waals surface area (Å²) in [7, 11) is 0. The number of nitro groups is 1. The highest BCUT2D eigenvalue weighted by Gasteiger charge is 2.32. The number of non-ortho nitro benzene ring substituents is 1. The summed E-state index contributed by atoms with van der Waals surface area (Å²) in [6.07, 6.45) is -4.46. The lowest BCUT2D eigenvalue weighted by Crippen LogP contribution is -2.20. The lowest BCUT2D eigenvalue weighted by atomic mass is 10.1. The molecule has 0 saturated carbocycles. The van der Waals surface area contributed by atoms with E-state index in [1.54, 1.807) is 0 Å². The van der Waals surface area contributed by atoms with Gasteiger partial charge in [-0.25, -0.2) is 0 Å². The molecular weight excluding hydrogens is 289 g/mol. The number of halogens is 3. The maximum Gasteiger partial charge on any atom is 0.416 e. The molecule has 0 aliphatic carbocycles. The summed E-state index contributed by atoms with van der Waals surface area (Å²) in [6.45, 7) is 1.58. The molecule has 0 radical (unpaired) electrons. The number of nitrogens with one attached hydrogen (secondary N) is 1. The molecular formula is C13H11F3N2O3. The molecule has 0 atom stereocenters. The van der Waals surface area contributed by atoms with Gasteiger partial charge in [-0.15, -0.1) is 0 Å². The van der Waals surface area contributed by atoms with E-state index in [2.05, 4.69) is 17.2 Å². The molecule has 1 aromatic carbocycles. The van der Waals surface area contributed by atoms with Crippen molar-refractivity contribution < 1.29 is 22.9 Å². The van der Waals surface area contributed by atoms with Crippen molar-refractivity contribution >= 4 is 11.6 Å². The van der Waals surface area contributed by atoms with E-state index in [9.17, 15) is 28.1 Å². The van der Waals surface area contributed by atoms with Gasteiger partial charge in [0, 0.05) is 37.6 Å². The number of alkyl halides is 3. The molecule has 0 aliphatic heterocycles. The number of amides is 1. The molecule has 21 heavy (non-hydrogen) atoms. The molecule has 0 aromatic heterocycles. The lowest BCUT2D eigenvalue weighted by Gasteiger charge is -2.06.